The summed E-state index contributed by atoms with van der Waals surface area (Å²) in [7, 11) is 1.54. The fourth-order valence-electron chi connectivity index (χ4n) is 3.64. The molecule has 0 spiro atoms. The summed E-state index contributed by atoms with van der Waals surface area (Å²) in [5.74, 6) is -1.94. The van der Waals surface area contributed by atoms with Crippen LogP contribution in [0.4, 0.5) is 4.39 Å². The van der Waals surface area contributed by atoms with E-state index in [0.29, 0.717) is 22.7 Å². The predicted octanol–water partition coefficient (Wildman–Crippen LogP) is 3.88. The van der Waals surface area contributed by atoms with Crippen LogP contribution in [0.3, 0.4) is 0 Å². The molecule has 2 atom stereocenters. The number of aliphatic carboxylic acids is 1. The van der Waals surface area contributed by atoms with Gasteiger partial charge in [0.15, 0.2) is 0 Å². The number of rotatable bonds is 7. The molecule has 2 N–H and O–H groups in total. The van der Waals surface area contributed by atoms with Gasteiger partial charge in [-0.25, -0.2) is 13.9 Å². The Balaban J connectivity index is 1.66. The summed E-state index contributed by atoms with van der Waals surface area (Å²) < 4.78 is 26.5. The highest BCUT2D eigenvalue weighted by Crippen LogP contribution is 2.30. The number of halogens is 1. The lowest BCUT2D eigenvalue weighted by Gasteiger charge is -2.26. The average molecular weight is 463 g/mol. The van der Waals surface area contributed by atoms with E-state index in [1.165, 1.54) is 19.2 Å². The number of ether oxygens (including phenoxy) is 2. The Bertz CT molecular complexity index is 1340. The number of carbonyl (C=O) groups is 2. The number of nitrogens with one attached hydrogen (secondary N) is 1. The molecule has 4 aromatic rings. The van der Waals surface area contributed by atoms with Crippen molar-refractivity contribution in [2.45, 2.75) is 19.1 Å². The van der Waals surface area contributed by atoms with Crippen molar-refractivity contribution in [1.82, 2.24) is 15.1 Å². The maximum atomic E-state index is 13.3. The molecule has 174 valence electrons. The first-order chi connectivity index (χ1) is 16.4. The summed E-state index contributed by atoms with van der Waals surface area (Å²) in [6.07, 6.45) is 0.963. The van der Waals surface area contributed by atoms with Gasteiger partial charge in [0.1, 0.15) is 23.4 Å². The van der Waals surface area contributed by atoms with Crippen molar-refractivity contribution in [2.75, 3.05) is 7.11 Å². The number of fused-ring (bicyclic) bond motifs is 1. The molecule has 1 heterocycles. The van der Waals surface area contributed by atoms with Crippen molar-refractivity contribution in [2.24, 2.45) is 0 Å². The van der Waals surface area contributed by atoms with E-state index in [1.807, 2.05) is 12.1 Å². The molecule has 0 saturated heterocycles. The normalized spacial score (nSPS) is 12.7. The summed E-state index contributed by atoms with van der Waals surface area (Å²) >= 11 is 0. The SMILES string of the molecule is COc1cccc([C@H](Oc2ccc3c(cnn3-c3ccc(F)cc3)c2)[C@H](C)NC(=O)C(=O)O)c1. The van der Waals surface area contributed by atoms with Crippen LogP contribution < -0.4 is 14.8 Å². The first-order valence-corrected chi connectivity index (χ1v) is 10.4. The molecule has 0 fully saturated rings. The Hall–Kier alpha value is -4.40. The van der Waals surface area contributed by atoms with Crippen molar-refractivity contribution in [3.63, 3.8) is 0 Å². The molecule has 0 radical (unpaired) electrons. The van der Waals surface area contributed by atoms with Crippen LogP contribution in [0.1, 0.15) is 18.6 Å². The minimum atomic E-state index is -1.58. The van der Waals surface area contributed by atoms with E-state index < -0.39 is 24.0 Å². The maximum absolute atomic E-state index is 13.3. The van der Waals surface area contributed by atoms with Gasteiger partial charge in [-0.2, -0.15) is 5.10 Å². The number of nitrogens with zero attached hydrogens (tertiary/aromatic N) is 2. The van der Waals surface area contributed by atoms with Gasteiger partial charge in [-0.05, 0) is 67.1 Å². The zero-order valence-electron chi connectivity index (χ0n) is 18.4. The molecule has 34 heavy (non-hydrogen) atoms. The number of carbonyl (C=O) groups excluding carboxylic acids is 1. The van der Waals surface area contributed by atoms with Crippen molar-refractivity contribution in [1.29, 1.82) is 0 Å². The van der Waals surface area contributed by atoms with Gasteiger partial charge in [0.05, 0.1) is 30.6 Å². The van der Waals surface area contributed by atoms with Crippen molar-refractivity contribution < 1.29 is 28.6 Å². The molecule has 9 heteroatoms. The number of hydrogen-bond donors (Lipinski definition) is 2. The highest BCUT2D eigenvalue weighted by atomic mass is 19.1. The van der Waals surface area contributed by atoms with Crippen LogP contribution in [-0.4, -0.2) is 39.9 Å². The monoisotopic (exact) mass is 463 g/mol. The van der Waals surface area contributed by atoms with Crippen molar-refractivity contribution >= 4 is 22.8 Å². The first kappa shape index (κ1) is 22.8. The van der Waals surface area contributed by atoms with Gasteiger partial charge in [-0.3, -0.25) is 4.79 Å². The highest BCUT2D eigenvalue weighted by molar-refractivity contribution is 6.31. The first-order valence-electron chi connectivity index (χ1n) is 10.4. The van der Waals surface area contributed by atoms with Crippen LogP contribution in [0, 0.1) is 5.82 Å². The summed E-state index contributed by atoms with van der Waals surface area (Å²) in [6.45, 7) is 1.66. The Morgan fingerprint density at radius 3 is 2.53 bits per heavy atom. The van der Waals surface area contributed by atoms with Crippen LogP contribution in [-0.2, 0) is 9.59 Å². The molecular formula is C25H22FN3O5. The zero-order chi connectivity index (χ0) is 24.2. The number of aromatic nitrogens is 2. The Morgan fingerprint density at radius 1 is 1.06 bits per heavy atom. The molecule has 3 aromatic carbocycles. The van der Waals surface area contributed by atoms with Gasteiger partial charge in [0, 0.05) is 5.39 Å². The predicted molar refractivity (Wildman–Crippen MR) is 123 cm³/mol. The second kappa shape index (κ2) is 9.62. The molecule has 8 nitrogen and oxygen atoms in total. The molecule has 0 bridgehead atoms. The third-order valence-electron chi connectivity index (χ3n) is 5.30. The van der Waals surface area contributed by atoms with E-state index in [4.69, 9.17) is 14.6 Å². The Labute approximate surface area is 194 Å². The zero-order valence-corrected chi connectivity index (χ0v) is 18.4. The third kappa shape index (κ3) is 4.83. The molecule has 1 amide bonds. The lowest BCUT2D eigenvalue weighted by atomic mass is 10.0. The molecular weight excluding hydrogens is 441 g/mol. The topological polar surface area (TPSA) is 103 Å². The fraction of sp³-hybridized carbons (Fsp3) is 0.160. The number of amides is 1. The van der Waals surface area contributed by atoms with E-state index in [9.17, 15) is 14.0 Å². The largest absolute Gasteiger partial charge is 0.497 e. The van der Waals surface area contributed by atoms with Gasteiger partial charge in [-0.1, -0.05) is 12.1 Å². The third-order valence-corrected chi connectivity index (χ3v) is 5.30. The lowest BCUT2D eigenvalue weighted by molar-refractivity contribution is -0.150. The smallest absolute Gasteiger partial charge is 0.394 e. The van der Waals surface area contributed by atoms with Gasteiger partial charge in [-0.15, -0.1) is 0 Å². The van der Waals surface area contributed by atoms with Crippen LogP contribution in [0.25, 0.3) is 16.6 Å². The minimum Gasteiger partial charge on any atom is -0.497 e. The van der Waals surface area contributed by atoms with E-state index >= 15 is 0 Å². The van der Waals surface area contributed by atoms with E-state index in [2.05, 4.69) is 10.4 Å². The molecule has 1 aromatic heterocycles. The summed E-state index contributed by atoms with van der Waals surface area (Å²) in [4.78, 5) is 22.8. The molecule has 0 saturated carbocycles. The van der Waals surface area contributed by atoms with Gasteiger partial charge in [0.25, 0.3) is 0 Å². The van der Waals surface area contributed by atoms with E-state index in [1.54, 1.807) is 60.3 Å². The van der Waals surface area contributed by atoms with E-state index in [-0.39, 0.29) is 5.82 Å². The Morgan fingerprint density at radius 2 is 1.82 bits per heavy atom. The second-order valence-corrected chi connectivity index (χ2v) is 7.64. The van der Waals surface area contributed by atoms with Crippen molar-refractivity contribution in [3.05, 3.63) is 84.3 Å². The van der Waals surface area contributed by atoms with Gasteiger partial charge >= 0.3 is 11.9 Å². The van der Waals surface area contributed by atoms with Crippen LogP contribution in [0.15, 0.2) is 72.9 Å². The molecule has 0 aliphatic carbocycles. The molecule has 0 unspecified atom stereocenters. The number of carboxylic acid groups (broad SMARTS) is 1. The highest BCUT2D eigenvalue weighted by Gasteiger charge is 2.26. The van der Waals surface area contributed by atoms with Crippen LogP contribution in [0.5, 0.6) is 11.5 Å². The standard InChI is InChI=1S/C25H22FN3O5/c1-15(28-24(30)25(31)32)23(16-4-3-5-20(12-16)33-2)34-21-10-11-22-17(13-21)14-27-29(22)19-8-6-18(26)7-9-19/h3-15,23H,1-2H3,(H,28,30)(H,31,32)/t15-,23+/m0/s1. The number of benzene rings is 3. The number of hydrogen-bond acceptors (Lipinski definition) is 5. The van der Waals surface area contributed by atoms with Crippen molar-refractivity contribution in [3.8, 4) is 17.2 Å². The van der Waals surface area contributed by atoms with Crippen LogP contribution >= 0.6 is 0 Å². The quantitative estimate of drug-likeness (QED) is 0.403. The van der Waals surface area contributed by atoms with Gasteiger partial charge in [0.2, 0.25) is 0 Å². The van der Waals surface area contributed by atoms with Gasteiger partial charge < -0.3 is 19.9 Å². The van der Waals surface area contributed by atoms with Crippen LogP contribution in [0.2, 0.25) is 0 Å². The Kier molecular flexibility index (Phi) is 6.44. The second-order valence-electron chi connectivity index (χ2n) is 7.64. The number of methoxy groups -OCH3 is 1. The number of carboxylic acids is 1. The summed E-state index contributed by atoms with van der Waals surface area (Å²) in [5.41, 5.74) is 2.20. The summed E-state index contributed by atoms with van der Waals surface area (Å²) in [6, 6.07) is 17.8. The molecule has 0 aliphatic heterocycles. The maximum Gasteiger partial charge on any atom is 0.394 e. The summed E-state index contributed by atoms with van der Waals surface area (Å²) in [5, 5.41) is 16.6. The van der Waals surface area contributed by atoms with E-state index in [0.717, 1.165) is 10.9 Å². The molecule has 4 rings (SSSR count). The fourth-order valence-corrected chi connectivity index (χ4v) is 3.64. The average Bonchev–Trinajstić information content (AvgIpc) is 3.26. The molecule has 0 aliphatic rings. The lowest BCUT2D eigenvalue weighted by Crippen LogP contribution is -2.42. The minimum absolute atomic E-state index is 0.330.